The average Bonchev–Trinajstić information content (AvgIpc) is 2.66. The highest BCUT2D eigenvalue weighted by atomic mass is 19.3. The number of pyridine rings is 1. The molecule has 2 saturated heterocycles. The first kappa shape index (κ1) is 18.7. The van der Waals surface area contributed by atoms with E-state index in [4.69, 9.17) is 9.47 Å². The molecule has 1 saturated carbocycles. The summed E-state index contributed by atoms with van der Waals surface area (Å²) in [6.07, 6.45) is 5.51. The zero-order valence-electron chi connectivity index (χ0n) is 15.4. The normalized spacial score (nSPS) is 30.4. The molecule has 1 amide bonds. The van der Waals surface area contributed by atoms with Crippen LogP contribution in [0.15, 0.2) is 24.5 Å². The molecule has 148 valence electrons. The van der Waals surface area contributed by atoms with E-state index in [1.165, 1.54) is 0 Å². The lowest BCUT2D eigenvalue weighted by atomic mass is 9.72. The summed E-state index contributed by atoms with van der Waals surface area (Å²) in [4.78, 5) is 18.5. The standard InChI is InChI=1S/C20H26F2N2O3/c21-20(22)10-16(11-20)18(25)24-8-4-17-19(13-24,5-1-9-27-17)14-26-12-15-2-6-23-7-3-15/h2-3,6-7,16-17H,1,4-5,8-14H2. The lowest BCUT2D eigenvalue weighted by Crippen LogP contribution is -2.60. The van der Waals surface area contributed by atoms with Crippen molar-refractivity contribution in [3.63, 3.8) is 0 Å². The van der Waals surface area contributed by atoms with Gasteiger partial charge in [0.15, 0.2) is 0 Å². The molecule has 0 spiro atoms. The van der Waals surface area contributed by atoms with Crippen LogP contribution in [0.1, 0.15) is 37.7 Å². The molecule has 7 heteroatoms. The molecule has 4 rings (SSSR count). The van der Waals surface area contributed by atoms with Crippen molar-refractivity contribution >= 4 is 5.91 Å². The van der Waals surface area contributed by atoms with E-state index in [1.807, 2.05) is 12.1 Å². The number of piperidine rings is 1. The van der Waals surface area contributed by atoms with Gasteiger partial charge in [0.25, 0.3) is 0 Å². The molecule has 0 radical (unpaired) electrons. The first-order chi connectivity index (χ1) is 13.0. The van der Waals surface area contributed by atoms with E-state index in [-0.39, 0.29) is 30.3 Å². The van der Waals surface area contributed by atoms with Crippen molar-refractivity contribution in [3.8, 4) is 0 Å². The van der Waals surface area contributed by atoms with Gasteiger partial charge in [-0.2, -0.15) is 0 Å². The van der Waals surface area contributed by atoms with Gasteiger partial charge in [0.2, 0.25) is 11.8 Å². The maximum Gasteiger partial charge on any atom is 0.249 e. The molecule has 0 aromatic carbocycles. The minimum Gasteiger partial charge on any atom is -0.377 e. The van der Waals surface area contributed by atoms with Crippen LogP contribution in [0.4, 0.5) is 8.78 Å². The summed E-state index contributed by atoms with van der Waals surface area (Å²) in [5.41, 5.74) is 0.806. The molecule has 1 aliphatic carbocycles. The number of fused-ring (bicyclic) bond motifs is 1. The second-order valence-electron chi connectivity index (χ2n) is 8.18. The Bertz CT molecular complexity index is 664. The van der Waals surface area contributed by atoms with E-state index in [9.17, 15) is 13.6 Å². The first-order valence-corrected chi connectivity index (χ1v) is 9.72. The van der Waals surface area contributed by atoms with Gasteiger partial charge in [-0.1, -0.05) is 0 Å². The van der Waals surface area contributed by atoms with Gasteiger partial charge >= 0.3 is 0 Å². The molecule has 3 heterocycles. The van der Waals surface area contributed by atoms with Crippen LogP contribution in [0.3, 0.4) is 0 Å². The molecule has 2 atom stereocenters. The quantitative estimate of drug-likeness (QED) is 0.788. The molecule has 0 N–H and O–H groups in total. The van der Waals surface area contributed by atoms with Crippen LogP contribution in [-0.2, 0) is 20.9 Å². The Morgan fingerprint density at radius 2 is 2.11 bits per heavy atom. The number of carbonyl (C=O) groups excluding carboxylic acids is 1. The number of aromatic nitrogens is 1. The highest BCUT2D eigenvalue weighted by molar-refractivity contribution is 5.80. The van der Waals surface area contributed by atoms with Crippen LogP contribution in [0.25, 0.3) is 0 Å². The maximum absolute atomic E-state index is 13.2. The van der Waals surface area contributed by atoms with E-state index >= 15 is 0 Å². The van der Waals surface area contributed by atoms with Crippen molar-refractivity contribution in [2.75, 3.05) is 26.3 Å². The van der Waals surface area contributed by atoms with Crippen molar-refractivity contribution in [2.24, 2.45) is 11.3 Å². The lowest BCUT2D eigenvalue weighted by molar-refractivity contribution is -0.180. The lowest BCUT2D eigenvalue weighted by Gasteiger charge is -2.51. The van der Waals surface area contributed by atoms with Crippen LogP contribution in [0.5, 0.6) is 0 Å². The number of rotatable bonds is 5. The number of halogens is 2. The minimum atomic E-state index is -2.67. The molecular weight excluding hydrogens is 354 g/mol. The molecule has 2 unspecified atom stereocenters. The number of ether oxygens (including phenoxy) is 2. The van der Waals surface area contributed by atoms with Crippen molar-refractivity contribution in [1.82, 2.24) is 9.88 Å². The number of alkyl halides is 2. The van der Waals surface area contributed by atoms with Gasteiger partial charge in [0, 0.05) is 56.3 Å². The Hall–Kier alpha value is -1.60. The van der Waals surface area contributed by atoms with Gasteiger partial charge in [-0.3, -0.25) is 9.78 Å². The number of amides is 1. The van der Waals surface area contributed by atoms with Gasteiger partial charge < -0.3 is 14.4 Å². The molecule has 1 aromatic rings. The zero-order valence-corrected chi connectivity index (χ0v) is 15.4. The first-order valence-electron chi connectivity index (χ1n) is 9.72. The van der Waals surface area contributed by atoms with Crippen LogP contribution < -0.4 is 0 Å². The molecule has 0 bridgehead atoms. The fraction of sp³-hybridized carbons (Fsp3) is 0.700. The Balaban J connectivity index is 1.40. The summed E-state index contributed by atoms with van der Waals surface area (Å²) in [5, 5.41) is 0. The minimum absolute atomic E-state index is 0.0653. The van der Waals surface area contributed by atoms with E-state index in [2.05, 4.69) is 4.98 Å². The summed E-state index contributed by atoms with van der Waals surface area (Å²) in [6, 6.07) is 3.83. The van der Waals surface area contributed by atoms with E-state index in [0.29, 0.717) is 26.3 Å². The molecule has 2 aliphatic heterocycles. The highest BCUT2D eigenvalue weighted by Crippen LogP contribution is 2.45. The summed E-state index contributed by atoms with van der Waals surface area (Å²) in [6.45, 7) is 2.84. The Morgan fingerprint density at radius 1 is 1.33 bits per heavy atom. The van der Waals surface area contributed by atoms with Crippen molar-refractivity contribution in [3.05, 3.63) is 30.1 Å². The molecule has 1 aromatic heterocycles. The third-order valence-corrected chi connectivity index (χ3v) is 6.15. The number of nitrogens with zero attached hydrogens (tertiary/aromatic N) is 2. The predicted molar refractivity (Wildman–Crippen MR) is 94.2 cm³/mol. The van der Waals surface area contributed by atoms with Gasteiger partial charge in [-0.25, -0.2) is 8.78 Å². The van der Waals surface area contributed by atoms with Crippen LogP contribution in [-0.4, -0.2) is 54.1 Å². The Labute approximate surface area is 158 Å². The molecule has 3 fully saturated rings. The Kier molecular flexibility index (Phi) is 5.16. The van der Waals surface area contributed by atoms with Crippen LogP contribution in [0.2, 0.25) is 0 Å². The third kappa shape index (κ3) is 3.99. The molecule has 5 nitrogen and oxygen atoms in total. The largest absolute Gasteiger partial charge is 0.377 e. The third-order valence-electron chi connectivity index (χ3n) is 6.15. The molecule has 27 heavy (non-hydrogen) atoms. The molecular formula is C20H26F2N2O3. The van der Waals surface area contributed by atoms with Gasteiger partial charge in [-0.05, 0) is 37.0 Å². The second kappa shape index (κ2) is 7.43. The monoisotopic (exact) mass is 380 g/mol. The van der Waals surface area contributed by atoms with E-state index in [0.717, 1.165) is 31.4 Å². The van der Waals surface area contributed by atoms with Crippen molar-refractivity contribution in [2.45, 2.75) is 50.7 Å². The maximum atomic E-state index is 13.2. The predicted octanol–water partition coefficient (Wildman–Crippen LogP) is 3.04. The van der Waals surface area contributed by atoms with Crippen molar-refractivity contribution in [1.29, 1.82) is 0 Å². The summed E-state index contributed by atoms with van der Waals surface area (Å²) in [5.74, 6) is -3.33. The fourth-order valence-electron chi connectivity index (χ4n) is 4.63. The summed E-state index contributed by atoms with van der Waals surface area (Å²) >= 11 is 0. The van der Waals surface area contributed by atoms with Gasteiger partial charge in [-0.15, -0.1) is 0 Å². The Morgan fingerprint density at radius 3 is 2.85 bits per heavy atom. The number of likely N-dealkylation sites (tertiary alicyclic amines) is 1. The summed E-state index contributed by atoms with van der Waals surface area (Å²) in [7, 11) is 0. The number of carbonyl (C=O) groups is 1. The van der Waals surface area contributed by atoms with Gasteiger partial charge in [0.05, 0.1) is 19.3 Å². The number of hydrogen-bond acceptors (Lipinski definition) is 4. The summed E-state index contributed by atoms with van der Waals surface area (Å²) < 4.78 is 38.4. The molecule has 3 aliphatic rings. The van der Waals surface area contributed by atoms with Crippen molar-refractivity contribution < 1.29 is 23.0 Å². The van der Waals surface area contributed by atoms with E-state index in [1.54, 1.807) is 17.3 Å². The van der Waals surface area contributed by atoms with Crippen LogP contribution >= 0.6 is 0 Å². The van der Waals surface area contributed by atoms with Crippen LogP contribution in [0, 0.1) is 11.3 Å². The SMILES string of the molecule is O=C(C1CC(F)(F)C1)N1CCC2OCCCC2(COCc2ccncc2)C1. The average molecular weight is 380 g/mol. The highest BCUT2D eigenvalue weighted by Gasteiger charge is 2.53. The second-order valence-corrected chi connectivity index (χ2v) is 8.18. The number of hydrogen-bond donors (Lipinski definition) is 0. The van der Waals surface area contributed by atoms with Gasteiger partial charge in [0.1, 0.15) is 0 Å². The van der Waals surface area contributed by atoms with E-state index < -0.39 is 11.8 Å². The zero-order chi connectivity index (χ0) is 18.9. The fourth-order valence-corrected chi connectivity index (χ4v) is 4.63. The smallest absolute Gasteiger partial charge is 0.249 e. The topological polar surface area (TPSA) is 51.7 Å².